The minimum atomic E-state index is -4.51. The second-order valence-electron chi connectivity index (χ2n) is 7.97. The molecule has 166 valence electrons. The molecule has 1 aliphatic rings. The van der Waals surface area contributed by atoms with Crippen LogP contribution in [-0.4, -0.2) is 24.0 Å². The summed E-state index contributed by atoms with van der Waals surface area (Å²) in [5, 5.41) is 6.27. The molecule has 1 saturated heterocycles. The number of hydrogen-bond donors (Lipinski definition) is 2. The Morgan fingerprint density at radius 2 is 1.88 bits per heavy atom. The molecule has 2 atom stereocenters. The van der Waals surface area contributed by atoms with Crippen LogP contribution in [0.4, 0.5) is 18.9 Å². The van der Waals surface area contributed by atoms with E-state index in [0.29, 0.717) is 24.5 Å². The zero-order valence-corrected chi connectivity index (χ0v) is 17.3. The maximum absolute atomic E-state index is 13.2. The standard InChI is InChI=1S/C24H22F3N3O2/c1-23(15-28-14-20(23)16-6-3-2-4-7-16)22(31)30-17-8-5-9-18(12-17)32-19-10-11-21(29-13-19)24(25,26)27/h2-13,20,28H,14-15H2,1H3,(H,30,31)/t20-,23+/m1/s1. The predicted molar refractivity (Wildman–Crippen MR) is 115 cm³/mol. The Morgan fingerprint density at radius 1 is 1.09 bits per heavy atom. The van der Waals surface area contributed by atoms with Gasteiger partial charge < -0.3 is 15.4 Å². The normalized spacial score (nSPS) is 20.7. The van der Waals surface area contributed by atoms with E-state index < -0.39 is 17.3 Å². The maximum Gasteiger partial charge on any atom is 0.433 e. The summed E-state index contributed by atoms with van der Waals surface area (Å²) in [7, 11) is 0. The molecule has 2 aromatic carbocycles. The van der Waals surface area contributed by atoms with Crippen molar-refractivity contribution in [2.24, 2.45) is 5.41 Å². The summed E-state index contributed by atoms with van der Waals surface area (Å²) < 4.78 is 43.6. The van der Waals surface area contributed by atoms with Crippen LogP contribution in [-0.2, 0) is 11.0 Å². The lowest BCUT2D eigenvalue weighted by atomic mass is 9.75. The van der Waals surface area contributed by atoms with Gasteiger partial charge in [-0.1, -0.05) is 36.4 Å². The molecule has 1 aromatic heterocycles. The Balaban J connectivity index is 1.47. The van der Waals surface area contributed by atoms with Gasteiger partial charge in [0, 0.05) is 30.8 Å². The van der Waals surface area contributed by atoms with Crippen molar-refractivity contribution in [3.05, 3.63) is 84.2 Å². The molecule has 0 spiro atoms. The topological polar surface area (TPSA) is 63.2 Å². The van der Waals surface area contributed by atoms with Crippen molar-refractivity contribution in [2.45, 2.75) is 19.0 Å². The monoisotopic (exact) mass is 441 g/mol. The van der Waals surface area contributed by atoms with Crippen LogP contribution >= 0.6 is 0 Å². The fourth-order valence-corrected chi connectivity index (χ4v) is 3.89. The lowest BCUT2D eigenvalue weighted by Crippen LogP contribution is -2.39. The number of pyridine rings is 1. The average molecular weight is 441 g/mol. The number of nitrogens with one attached hydrogen (secondary N) is 2. The van der Waals surface area contributed by atoms with Crippen LogP contribution < -0.4 is 15.4 Å². The second-order valence-corrected chi connectivity index (χ2v) is 7.97. The number of benzene rings is 2. The Hall–Kier alpha value is -3.39. The lowest BCUT2D eigenvalue weighted by molar-refractivity contribution is -0.141. The summed E-state index contributed by atoms with van der Waals surface area (Å²) >= 11 is 0. The van der Waals surface area contributed by atoms with Crippen LogP contribution in [0.2, 0.25) is 0 Å². The molecule has 8 heteroatoms. The third kappa shape index (κ3) is 4.60. The number of carbonyl (C=O) groups excluding carboxylic acids is 1. The number of nitrogens with zero attached hydrogens (tertiary/aromatic N) is 1. The lowest BCUT2D eigenvalue weighted by Gasteiger charge is -2.29. The van der Waals surface area contributed by atoms with E-state index in [1.165, 1.54) is 6.07 Å². The van der Waals surface area contributed by atoms with Crippen molar-refractivity contribution >= 4 is 11.6 Å². The summed E-state index contributed by atoms with van der Waals surface area (Å²) in [4.78, 5) is 16.6. The van der Waals surface area contributed by atoms with Gasteiger partial charge in [0.1, 0.15) is 17.2 Å². The van der Waals surface area contributed by atoms with E-state index in [9.17, 15) is 18.0 Å². The molecule has 0 saturated carbocycles. The van der Waals surface area contributed by atoms with Crippen molar-refractivity contribution < 1.29 is 22.7 Å². The van der Waals surface area contributed by atoms with Crippen molar-refractivity contribution in [2.75, 3.05) is 18.4 Å². The minimum absolute atomic E-state index is 0.0290. The quantitative estimate of drug-likeness (QED) is 0.570. The van der Waals surface area contributed by atoms with E-state index in [2.05, 4.69) is 15.6 Å². The maximum atomic E-state index is 13.2. The largest absolute Gasteiger partial charge is 0.456 e. The zero-order valence-electron chi connectivity index (χ0n) is 17.3. The van der Waals surface area contributed by atoms with Crippen molar-refractivity contribution in [1.82, 2.24) is 10.3 Å². The summed E-state index contributed by atoms with van der Waals surface area (Å²) in [6, 6.07) is 18.7. The molecule has 1 amide bonds. The van der Waals surface area contributed by atoms with Gasteiger partial charge in [-0.2, -0.15) is 13.2 Å². The smallest absolute Gasteiger partial charge is 0.433 e. The average Bonchev–Trinajstić information content (AvgIpc) is 3.17. The first kappa shape index (κ1) is 21.8. The van der Waals surface area contributed by atoms with Crippen molar-refractivity contribution in [3.63, 3.8) is 0 Å². The van der Waals surface area contributed by atoms with Gasteiger partial charge in [-0.05, 0) is 36.8 Å². The van der Waals surface area contributed by atoms with Crippen LogP contribution in [0.1, 0.15) is 24.1 Å². The summed E-state index contributed by atoms with van der Waals surface area (Å²) in [5.74, 6) is 0.447. The summed E-state index contributed by atoms with van der Waals surface area (Å²) in [6.07, 6.45) is -3.49. The van der Waals surface area contributed by atoms with Crippen LogP contribution in [0.15, 0.2) is 72.9 Å². The Kier molecular flexibility index (Phi) is 5.88. The number of carbonyl (C=O) groups is 1. The third-order valence-electron chi connectivity index (χ3n) is 5.68. The van der Waals surface area contributed by atoms with E-state index in [1.54, 1.807) is 24.3 Å². The highest BCUT2D eigenvalue weighted by molar-refractivity contribution is 5.96. The van der Waals surface area contributed by atoms with E-state index in [1.807, 2.05) is 37.3 Å². The van der Waals surface area contributed by atoms with Gasteiger partial charge in [-0.15, -0.1) is 0 Å². The SMILES string of the molecule is C[C@]1(C(=O)Nc2cccc(Oc3ccc(C(F)(F)F)nc3)c2)CNC[C@@H]1c1ccccc1. The first-order chi connectivity index (χ1) is 15.3. The van der Waals surface area contributed by atoms with Gasteiger partial charge in [0.15, 0.2) is 0 Å². The fraction of sp³-hybridized carbons (Fsp3) is 0.250. The number of hydrogen-bond acceptors (Lipinski definition) is 4. The van der Waals surface area contributed by atoms with E-state index >= 15 is 0 Å². The number of anilines is 1. The molecule has 5 nitrogen and oxygen atoms in total. The van der Waals surface area contributed by atoms with Crippen LogP contribution in [0.5, 0.6) is 11.5 Å². The van der Waals surface area contributed by atoms with Crippen LogP contribution in [0.3, 0.4) is 0 Å². The highest BCUT2D eigenvalue weighted by Crippen LogP contribution is 2.40. The van der Waals surface area contributed by atoms with Crippen molar-refractivity contribution in [1.29, 1.82) is 0 Å². The molecule has 2 N–H and O–H groups in total. The number of alkyl halides is 3. The molecule has 4 rings (SSSR count). The Bertz CT molecular complexity index is 1090. The van der Waals surface area contributed by atoms with Gasteiger partial charge in [0.2, 0.25) is 5.91 Å². The molecule has 0 radical (unpaired) electrons. The molecular formula is C24H22F3N3O2. The summed E-state index contributed by atoms with van der Waals surface area (Å²) in [6.45, 7) is 3.19. The highest BCUT2D eigenvalue weighted by Gasteiger charge is 2.45. The number of amides is 1. The van der Waals surface area contributed by atoms with Crippen LogP contribution in [0, 0.1) is 5.41 Å². The number of rotatable bonds is 5. The van der Waals surface area contributed by atoms with Gasteiger partial charge in [-0.25, -0.2) is 4.98 Å². The van der Waals surface area contributed by atoms with E-state index in [4.69, 9.17) is 4.74 Å². The second kappa shape index (κ2) is 8.63. The molecule has 0 unspecified atom stereocenters. The van der Waals surface area contributed by atoms with Crippen molar-refractivity contribution in [3.8, 4) is 11.5 Å². The molecule has 32 heavy (non-hydrogen) atoms. The predicted octanol–water partition coefficient (Wildman–Crippen LogP) is 5.22. The summed E-state index contributed by atoms with van der Waals surface area (Å²) in [5.41, 5.74) is 0.00170. The molecule has 1 aliphatic heterocycles. The number of halogens is 3. The molecule has 1 fully saturated rings. The molecule has 0 bridgehead atoms. The first-order valence-electron chi connectivity index (χ1n) is 10.1. The molecule has 2 heterocycles. The van der Waals surface area contributed by atoms with Gasteiger partial charge in [-0.3, -0.25) is 4.79 Å². The number of ether oxygens (including phenoxy) is 1. The zero-order chi connectivity index (χ0) is 22.8. The Morgan fingerprint density at radius 3 is 2.56 bits per heavy atom. The molecule has 3 aromatic rings. The fourth-order valence-electron chi connectivity index (χ4n) is 3.89. The molecule has 0 aliphatic carbocycles. The van der Waals surface area contributed by atoms with Gasteiger partial charge in [0.05, 0.1) is 11.6 Å². The van der Waals surface area contributed by atoms with Crippen LogP contribution in [0.25, 0.3) is 0 Å². The highest BCUT2D eigenvalue weighted by atomic mass is 19.4. The van der Waals surface area contributed by atoms with Gasteiger partial charge >= 0.3 is 6.18 Å². The van der Waals surface area contributed by atoms with E-state index in [0.717, 1.165) is 17.8 Å². The first-order valence-corrected chi connectivity index (χ1v) is 10.1. The van der Waals surface area contributed by atoms with Gasteiger partial charge in [0.25, 0.3) is 0 Å². The minimum Gasteiger partial charge on any atom is -0.456 e. The molecular weight excluding hydrogens is 419 g/mol. The van der Waals surface area contributed by atoms with E-state index in [-0.39, 0.29) is 17.6 Å². The third-order valence-corrected chi connectivity index (χ3v) is 5.68. The number of aromatic nitrogens is 1. The Labute approximate surface area is 183 Å².